The van der Waals surface area contributed by atoms with E-state index in [1.54, 1.807) is 18.4 Å². The summed E-state index contributed by atoms with van der Waals surface area (Å²) in [5.41, 5.74) is 2.33. The van der Waals surface area contributed by atoms with Crippen LogP contribution in [0.4, 0.5) is 0 Å². The number of rotatable bonds is 6. The molecule has 3 nitrogen and oxygen atoms in total. The first-order valence-corrected chi connectivity index (χ1v) is 7.14. The SMILES string of the molecule is COCC(C)CNC(C)c1cnc2ccsc2c1. The maximum atomic E-state index is 5.14. The molecule has 0 fully saturated rings. The fourth-order valence-corrected chi connectivity index (χ4v) is 2.73. The molecule has 0 amide bonds. The highest BCUT2D eigenvalue weighted by Crippen LogP contribution is 2.22. The molecular formula is C14H20N2OS. The van der Waals surface area contributed by atoms with Gasteiger partial charge in [-0.05, 0) is 35.9 Å². The van der Waals surface area contributed by atoms with Gasteiger partial charge in [-0.2, -0.15) is 0 Å². The van der Waals surface area contributed by atoms with Gasteiger partial charge in [0.2, 0.25) is 0 Å². The van der Waals surface area contributed by atoms with Crippen molar-refractivity contribution in [2.24, 2.45) is 5.92 Å². The number of fused-ring (bicyclic) bond motifs is 1. The predicted molar refractivity (Wildman–Crippen MR) is 77.1 cm³/mol. The Hall–Kier alpha value is -0.970. The fourth-order valence-electron chi connectivity index (χ4n) is 1.94. The summed E-state index contributed by atoms with van der Waals surface area (Å²) in [6.45, 7) is 6.11. The van der Waals surface area contributed by atoms with Crippen molar-refractivity contribution in [1.29, 1.82) is 0 Å². The highest BCUT2D eigenvalue weighted by atomic mass is 32.1. The van der Waals surface area contributed by atoms with Crippen LogP contribution in [-0.4, -0.2) is 25.2 Å². The summed E-state index contributed by atoms with van der Waals surface area (Å²) in [6, 6.07) is 4.61. The van der Waals surface area contributed by atoms with Crippen molar-refractivity contribution in [1.82, 2.24) is 10.3 Å². The van der Waals surface area contributed by atoms with Crippen molar-refractivity contribution in [3.05, 3.63) is 29.3 Å². The van der Waals surface area contributed by atoms with E-state index in [1.165, 1.54) is 10.3 Å². The van der Waals surface area contributed by atoms with Gasteiger partial charge in [0.25, 0.3) is 0 Å². The summed E-state index contributed by atoms with van der Waals surface area (Å²) in [6.07, 6.45) is 1.97. The van der Waals surface area contributed by atoms with Crippen molar-refractivity contribution in [3.63, 3.8) is 0 Å². The average molecular weight is 264 g/mol. The van der Waals surface area contributed by atoms with Crippen molar-refractivity contribution in [3.8, 4) is 0 Å². The highest BCUT2D eigenvalue weighted by Gasteiger charge is 2.09. The maximum absolute atomic E-state index is 5.14. The molecule has 0 aliphatic rings. The lowest BCUT2D eigenvalue weighted by Crippen LogP contribution is -2.26. The van der Waals surface area contributed by atoms with Crippen LogP contribution in [0.1, 0.15) is 25.5 Å². The van der Waals surface area contributed by atoms with E-state index in [0.29, 0.717) is 12.0 Å². The van der Waals surface area contributed by atoms with E-state index >= 15 is 0 Å². The maximum Gasteiger partial charge on any atom is 0.0809 e. The Balaban J connectivity index is 1.97. The Morgan fingerprint density at radius 3 is 3.06 bits per heavy atom. The zero-order valence-corrected chi connectivity index (χ0v) is 12.0. The number of thiophene rings is 1. The van der Waals surface area contributed by atoms with Gasteiger partial charge in [-0.3, -0.25) is 4.98 Å². The van der Waals surface area contributed by atoms with E-state index in [1.807, 2.05) is 6.20 Å². The number of ether oxygens (including phenoxy) is 1. The average Bonchev–Trinajstić information content (AvgIpc) is 2.83. The van der Waals surface area contributed by atoms with E-state index in [4.69, 9.17) is 4.74 Å². The van der Waals surface area contributed by atoms with Gasteiger partial charge in [0.15, 0.2) is 0 Å². The van der Waals surface area contributed by atoms with Crippen molar-refractivity contribution in [2.75, 3.05) is 20.3 Å². The summed E-state index contributed by atoms with van der Waals surface area (Å²) < 4.78 is 6.39. The largest absolute Gasteiger partial charge is 0.384 e. The van der Waals surface area contributed by atoms with Crippen LogP contribution in [0, 0.1) is 5.92 Å². The lowest BCUT2D eigenvalue weighted by molar-refractivity contribution is 0.157. The van der Waals surface area contributed by atoms with Crippen LogP contribution in [0.5, 0.6) is 0 Å². The molecule has 0 saturated carbocycles. The van der Waals surface area contributed by atoms with Crippen LogP contribution in [-0.2, 0) is 4.74 Å². The second kappa shape index (κ2) is 6.27. The Morgan fingerprint density at radius 1 is 1.44 bits per heavy atom. The van der Waals surface area contributed by atoms with E-state index in [-0.39, 0.29) is 0 Å². The topological polar surface area (TPSA) is 34.1 Å². The first kappa shape index (κ1) is 13.5. The van der Waals surface area contributed by atoms with E-state index in [9.17, 15) is 0 Å². The molecular weight excluding hydrogens is 244 g/mol. The number of methoxy groups -OCH3 is 1. The normalized spacial score (nSPS) is 14.8. The molecule has 0 radical (unpaired) electrons. The number of nitrogens with zero attached hydrogens (tertiary/aromatic N) is 1. The van der Waals surface area contributed by atoms with E-state index in [2.05, 4.69) is 41.7 Å². The molecule has 4 heteroatoms. The van der Waals surface area contributed by atoms with Gasteiger partial charge in [-0.15, -0.1) is 11.3 Å². The van der Waals surface area contributed by atoms with E-state index < -0.39 is 0 Å². The Labute approximate surface area is 112 Å². The number of pyridine rings is 1. The third kappa shape index (κ3) is 3.28. The number of hydrogen-bond donors (Lipinski definition) is 1. The molecule has 0 aliphatic carbocycles. The number of aromatic nitrogens is 1. The molecule has 2 aromatic heterocycles. The van der Waals surface area contributed by atoms with Crippen LogP contribution in [0.25, 0.3) is 10.2 Å². The number of nitrogens with one attached hydrogen (secondary N) is 1. The van der Waals surface area contributed by atoms with Gasteiger partial charge in [0, 0.05) is 32.5 Å². The Kier molecular flexibility index (Phi) is 4.69. The van der Waals surface area contributed by atoms with Crippen molar-refractivity contribution in [2.45, 2.75) is 19.9 Å². The van der Waals surface area contributed by atoms with Gasteiger partial charge in [-0.25, -0.2) is 0 Å². The highest BCUT2D eigenvalue weighted by molar-refractivity contribution is 7.17. The van der Waals surface area contributed by atoms with Crippen molar-refractivity contribution >= 4 is 21.6 Å². The van der Waals surface area contributed by atoms with Gasteiger partial charge in [-0.1, -0.05) is 6.92 Å². The zero-order chi connectivity index (χ0) is 13.0. The molecule has 0 bridgehead atoms. The van der Waals surface area contributed by atoms with Gasteiger partial charge in [0.05, 0.1) is 10.2 Å². The fraction of sp³-hybridized carbons (Fsp3) is 0.500. The molecule has 1 N–H and O–H groups in total. The first-order valence-electron chi connectivity index (χ1n) is 6.26. The predicted octanol–water partition coefficient (Wildman–Crippen LogP) is 3.23. The quantitative estimate of drug-likeness (QED) is 0.870. The second-order valence-electron chi connectivity index (χ2n) is 4.76. The minimum Gasteiger partial charge on any atom is -0.384 e. The van der Waals surface area contributed by atoms with Crippen LogP contribution < -0.4 is 5.32 Å². The molecule has 0 aliphatic heterocycles. The molecule has 0 spiro atoms. The Morgan fingerprint density at radius 2 is 2.28 bits per heavy atom. The molecule has 0 saturated heterocycles. The minimum absolute atomic E-state index is 0.323. The third-order valence-corrected chi connectivity index (χ3v) is 3.90. The lowest BCUT2D eigenvalue weighted by atomic mass is 10.1. The summed E-state index contributed by atoms with van der Waals surface area (Å²) >= 11 is 1.74. The van der Waals surface area contributed by atoms with Gasteiger partial charge in [0.1, 0.15) is 0 Å². The summed E-state index contributed by atoms with van der Waals surface area (Å²) in [7, 11) is 1.74. The van der Waals surface area contributed by atoms with Crippen LogP contribution >= 0.6 is 11.3 Å². The molecule has 2 aromatic rings. The third-order valence-electron chi connectivity index (χ3n) is 3.05. The molecule has 18 heavy (non-hydrogen) atoms. The smallest absolute Gasteiger partial charge is 0.0809 e. The molecule has 2 heterocycles. The molecule has 0 aromatic carbocycles. The molecule has 98 valence electrons. The van der Waals surface area contributed by atoms with Crippen LogP contribution in [0.3, 0.4) is 0 Å². The lowest BCUT2D eigenvalue weighted by Gasteiger charge is -2.17. The van der Waals surface area contributed by atoms with Gasteiger partial charge < -0.3 is 10.1 Å². The summed E-state index contributed by atoms with van der Waals surface area (Å²) in [4.78, 5) is 4.47. The molecule has 2 rings (SSSR count). The van der Waals surface area contributed by atoms with Crippen LogP contribution in [0.15, 0.2) is 23.7 Å². The monoisotopic (exact) mass is 264 g/mol. The number of hydrogen-bond acceptors (Lipinski definition) is 4. The summed E-state index contributed by atoms with van der Waals surface area (Å²) in [5.74, 6) is 0.524. The second-order valence-corrected chi connectivity index (χ2v) is 5.71. The standard InChI is InChI=1S/C14H20N2OS/c1-10(9-17-3)7-15-11(2)12-6-14-13(16-8-12)4-5-18-14/h4-6,8,10-11,15H,7,9H2,1-3H3. The minimum atomic E-state index is 0.323. The van der Waals surface area contributed by atoms with Gasteiger partial charge >= 0.3 is 0 Å². The first-order chi connectivity index (χ1) is 8.70. The molecule has 2 unspecified atom stereocenters. The molecule has 2 atom stereocenters. The Bertz CT molecular complexity index is 497. The van der Waals surface area contributed by atoms with E-state index in [0.717, 1.165) is 18.7 Å². The van der Waals surface area contributed by atoms with Crippen LogP contribution in [0.2, 0.25) is 0 Å². The van der Waals surface area contributed by atoms with Crippen molar-refractivity contribution < 1.29 is 4.74 Å². The summed E-state index contributed by atoms with van der Waals surface area (Å²) in [5, 5.41) is 5.61. The zero-order valence-electron chi connectivity index (χ0n) is 11.1.